The van der Waals surface area contributed by atoms with Gasteiger partial charge in [-0.15, -0.1) is 0 Å². The molecular formula is C8H11F3N2O. The van der Waals surface area contributed by atoms with Gasteiger partial charge in [-0.1, -0.05) is 0 Å². The van der Waals surface area contributed by atoms with Crippen LogP contribution in [0.1, 0.15) is 6.42 Å². The maximum atomic E-state index is 12.1. The Bertz CT molecular complexity index is 253. The van der Waals surface area contributed by atoms with E-state index in [2.05, 4.69) is 5.32 Å². The molecule has 0 radical (unpaired) electrons. The molecule has 0 bridgehead atoms. The van der Waals surface area contributed by atoms with E-state index in [0.29, 0.717) is 13.0 Å². The largest absolute Gasteiger partial charge is 0.471 e. The van der Waals surface area contributed by atoms with E-state index in [0.717, 1.165) is 11.4 Å². The molecule has 0 aromatic rings. The summed E-state index contributed by atoms with van der Waals surface area (Å²) in [6, 6.07) is -0.246. The lowest BCUT2D eigenvalue weighted by atomic mass is 10.1. The van der Waals surface area contributed by atoms with Crippen LogP contribution in [0.15, 0.2) is 0 Å². The van der Waals surface area contributed by atoms with E-state index in [1.807, 2.05) is 0 Å². The molecule has 0 aromatic heterocycles. The summed E-state index contributed by atoms with van der Waals surface area (Å²) < 4.78 is 36.4. The average molecular weight is 208 g/mol. The molecule has 2 rings (SSSR count). The Morgan fingerprint density at radius 1 is 1.36 bits per heavy atom. The van der Waals surface area contributed by atoms with E-state index in [1.54, 1.807) is 0 Å². The van der Waals surface area contributed by atoms with Crippen molar-refractivity contribution < 1.29 is 18.0 Å². The molecule has 0 aliphatic carbocycles. The molecule has 2 aliphatic rings. The molecule has 3 nitrogen and oxygen atoms in total. The van der Waals surface area contributed by atoms with Crippen molar-refractivity contribution in [3.63, 3.8) is 0 Å². The Morgan fingerprint density at radius 3 is 2.71 bits per heavy atom. The highest BCUT2D eigenvalue weighted by Gasteiger charge is 2.49. The SMILES string of the molecule is O=C(N1CC[C@H]2CNC[C@H]21)C(F)(F)F. The zero-order chi connectivity index (χ0) is 10.3. The third-order valence-electron chi connectivity index (χ3n) is 2.95. The van der Waals surface area contributed by atoms with Crippen LogP contribution in [0, 0.1) is 5.92 Å². The maximum absolute atomic E-state index is 12.1. The molecule has 0 aromatic carbocycles. The van der Waals surface area contributed by atoms with Gasteiger partial charge in [-0.2, -0.15) is 13.2 Å². The minimum Gasteiger partial charge on any atom is -0.330 e. The number of carbonyl (C=O) groups is 1. The molecule has 1 amide bonds. The first-order valence-electron chi connectivity index (χ1n) is 4.58. The highest BCUT2D eigenvalue weighted by atomic mass is 19.4. The van der Waals surface area contributed by atoms with Crippen molar-refractivity contribution in [1.29, 1.82) is 0 Å². The third kappa shape index (κ3) is 1.47. The molecule has 80 valence electrons. The Labute approximate surface area is 79.3 Å². The lowest BCUT2D eigenvalue weighted by Crippen LogP contribution is -2.45. The summed E-state index contributed by atoms with van der Waals surface area (Å²) in [4.78, 5) is 11.9. The summed E-state index contributed by atoms with van der Waals surface area (Å²) >= 11 is 0. The second-order valence-electron chi connectivity index (χ2n) is 3.77. The van der Waals surface area contributed by atoms with Gasteiger partial charge >= 0.3 is 12.1 Å². The van der Waals surface area contributed by atoms with Crippen molar-refractivity contribution in [2.45, 2.75) is 18.6 Å². The number of amides is 1. The van der Waals surface area contributed by atoms with Gasteiger partial charge in [0.25, 0.3) is 0 Å². The first-order chi connectivity index (χ1) is 6.50. The van der Waals surface area contributed by atoms with Crippen molar-refractivity contribution in [2.75, 3.05) is 19.6 Å². The van der Waals surface area contributed by atoms with E-state index in [9.17, 15) is 18.0 Å². The zero-order valence-electron chi connectivity index (χ0n) is 7.47. The topological polar surface area (TPSA) is 32.3 Å². The van der Waals surface area contributed by atoms with Crippen LogP contribution in [0.4, 0.5) is 13.2 Å². The fourth-order valence-electron chi connectivity index (χ4n) is 2.26. The van der Waals surface area contributed by atoms with Gasteiger partial charge < -0.3 is 10.2 Å². The molecule has 0 spiro atoms. The zero-order valence-corrected chi connectivity index (χ0v) is 7.47. The quantitative estimate of drug-likeness (QED) is 0.623. The lowest BCUT2D eigenvalue weighted by Gasteiger charge is -2.24. The normalized spacial score (nSPS) is 32.1. The Kier molecular flexibility index (Phi) is 2.17. The second kappa shape index (κ2) is 3.12. The molecule has 2 fully saturated rings. The lowest BCUT2D eigenvalue weighted by molar-refractivity contribution is -0.186. The first kappa shape index (κ1) is 9.76. The monoisotopic (exact) mass is 208 g/mol. The number of fused-ring (bicyclic) bond motifs is 1. The highest BCUT2D eigenvalue weighted by Crippen LogP contribution is 2.30. The second-order valence-corrected chi connectivity index (χ2v) is 3.77. The van der Waals surface area contributed by atoms with E-state index in [-0.39, 0.29) is 18.5 Å². The van der Waals surface area contributed by atoms with Gasteiger partial charge in [-0.3, -0.25) is 4.79 Å². The number of nitrogens with zero attached hydrogens (tertiary/aromatic N) is 1. The summed E-state index contributed by atoms with van der Waals surface area (Å²) in [6.07, 6.45) is -4.04. The van der Waals surface area contributed by atoms with Gasteiger partial charge in [0.2, 0.25) is 0 Å². The number of nitrogens with one attached hydrogen (secondary N) is 1. The van der Waals surface area contributed by atoms with Crippen molar-refractivity contribution in [3.8, 4) is 0 Å². The van der Waals surface area contributed by atoms with Crippen LogP contribution >= 0.6 is 0 Å². The Hall–Kier alpha value is -0.780. The third-order valence-corrected chi connectivity index (χ3v) is 2.95. The predicted octanol–water partition coefficient (Wildman–Crippen LogP) is 0.369. The van der Waals surface area contributed by atoms with Crippen LogP contribution in [-0.4, -0.2) is 42.7 Å². The molecule has 0 saturated carbocycles. The number of rotatable bonds is 0. The number of carbonyl (C=O) groups excluding carboxylic acids is 1. The highest BCUT2D eigenvalue weighted by molar-refractivity contribution is 5.82. The molecule has 0 unspecified atom stereocenters. The molecule has 2 heterocycles. The average Bonchev–Trinajstić information content (AvgIpc) is 2.59. The van der Waals surface area contributed by atoms with Gasteiger partial charge in [-0.05, 0) is 12.3 Å². The summed E-state index contributed by atoms with van der Waals surface area (Å²) in [7, 11) is 0. The van der Waals surface area contributed by atoms with Crippen LogP contribution in [0.5, 0.6) is 0 Å². The van der Waals surface area contributed by atoms with Crippen LogP contribution in [0.3, 0.4) is 0 Å². The molecule has 2 saturated heterocycles. The molecule has 1 N–H and O–H groups in total. The van der Waals surface area contributed by atoms with Gasteiger partial charge in [-0.25, -0.2) is 0 Å². The number of likely N-dealkylation sites (tertiary alicyclic amines) is 1. The van der Waals surface area contributed by atoms with Gasteiger partial charge in [0.15, 0.2) is 0 Å². The Morgan fingerprint density at radius 2 is 2.07 bits per heavy atom. The standard InChI is InChI=1S/C8H11F3N2O/c9-8(10,11)7(14)13-2-1-5-3-12-4-6(5)13/h5-6,12H,1-4H2/t5-,6+/m0/s1. The summed E-state index contributed by atoms with van der Waals surface area (Å²) in [5.41, 5.74) is 0. The molecule has 6 heteroatoms. The summed E-state index contributed by atoms with van der Waals surface area (Å²) in [5.74, 6) is -1.48. The van der Waals surface area contributed by atoms with Crippen LogP contribution < -0.4 is 5.32 Å². The summed E-state index contributed by atoms with van der Waals surface area (Å²) in [5, 5.41) is 3.00. The van der Waals surface area contributed by atoms with Crippen molar-refractivity contribution >= 4 is 5.91 Å². The number of hydrogen-bond acceptors (Lipinski definition) is 2. The fourth-order valence-corrected chi connectivity index (χ4v) is 2.26. The summed E-state index contributed by atoms with van der Waals surface area (Å²) in [6.45, 7) is 1.47. The number of alkyl halides is 3. The van der Waals surface area contributed by atoms with Crippen LogP contribution in [0.25, 0.3) is 0 Å². The van der Waals surface area contributed by atoms with Crippen LogP contribution in [0.2, 0.25) is 0 Å². The Balaban J connectivity index is 2.09. The molecular weight excluding hydrogens is 197 g/mol. The van der Waals surface area contributed by atoms with Crippen molar-refractivity contribution in [3.05, 3.63) is 0 Å². The van der Waals surface area contributed by atoms with E-state index in [1.165, 1.54) is 0 Å². The van der Waals surface area contributed by atoms with E-state index < -0.39 is 12.1 Å². The number of halogens is 3. The minimum absolute atomic E-state index is 0.210. The first-order valence-corrected chi connectivity index (χ1v) is 4.58. The van der Waals surface area contributed by atoms with Gasteiger partial charge in [0, 0.05) is 25.7 Å². The minimum atomic E-state index is -4.72. The molecule has 2 atom stereocenters. The molecule has 14 heavy (non-hydrogen) atoms. The van der Waals surface area contributed by atoms with Gasteiger partial charge in [0.05, 0.1) is 0 Å². The maximum Gasteiger partial charge on any atom is 0.471 e. The van der Waals surface area contributed by atoms with E-state index >= 15 is 0 Å². The number of hydrogen-bond donors (Lipinski definition) is 1. The molecule has 2 aliphatic heterocycles. The fraction of sp³-hybridized carbons (Fsp3) is 0.875. The van der Waals surface area contributed by atoms with E-state index in [4.69, 9.17) is 0 Å². The predicted molar refractivity (Wildman–Crippen MR) is 42.5 cm³/mol. The van der Waals surface area contributed by atoms with Gasteiger partial charge in [0.1, 0.15) is 0 Å². The van der Waals surface area contributed by atoms with Crippen LogP contribution in [-0.2, 0) is 4.79 Å². The smallest absolute Gasteiger partial charge is 0.330 e. The van der Waals surface area contributed by atoms with Crippen molar-refractivity contribution in [1.82, 2.24) is 10.2 Å². The van der Waals surface area contributed by atoms with Crippen molar-refractivity contribution in [2.24, 2.45) is 5.92 Å².